The van der Waals surface area contributed by atoms with E-state index in [4.69, 9.17) is 11.6 Å². The maximum atomic E-state index is 14.1. The molecule has 3 rings (SSSR count). The van der Waals surface area contributed by atoms with Gasteiger partial charge in [-0.05, 0) is 29.8 Å². The molecule has 2 aromatic carbocycles. The van der Waals surface area contributed by atoms with E-state index in [1.165, 1.54) is 24.3 Å². The summed E-state index contributed by atoms with van der Waals surface area (Å²) in [6.45, 7) is 0. The summed E-state index contributed by atoms with van der Waals surface area (Å²) in [5.74, 6) is -1.57. The van der Waals surface area contributed by atoms with Gasteiger partial charge in [-0.15, -0.1) is 0 Å². The van der Waals surface area contributed by atoms with E-state index in [9.17, 15) is 36.5 Å². The molecule has 0 bridgehead atoms. The molecular formula is C18H9ClF6N2O2. The molecule has 1 N–H and O–H groups in total. The molecule has 0 aliphatic carbocycles. The van der Waals surface area contributed by atoms with Gasteiger partial charge >= 0.3 is 6.18 Å². The zero-order valence-electron chi connectivity index (χ0n) is 14.0. The van der Waals surface area contributed by atoms with E-state index < -0.39 is 51.4 Å². The summed E-state index contributed by atoms with van der Waals surface area (Å²) in [6.07, 6.45) is -7.75. The Balaban J connectivity index is 2.36. The summed E-state index contributed by atoms with van der Waals surface area (Å²) in [5.41, 5.74) is -4.96. The van der Waals surface area contributed by atoms with Crippen LogP contribution >= 0.6 is 11.6 Å². The molecule has 0 atom stereocenters. The minimum absolute atomic E-state index is 0.00759. The van der Waals surface area contributed by atoms with Gasteiger partial charge in [0.2, 0.25) is 0 Å². The summed E-state index contributed by atoms with van der Waals surface area (Å²) >= 11 is 5.77. The molecule has 0 spiro atoms. The fraction of sp³-hybridized carbons (Fsp3) is 0.111. The largest absolute Gasteiger partial charge is 0.417 e. The van der Waals surface area contributed by atoms with E-state index in [0.29, 0.717) is 6.07 Å². The number of hydrogen-bond acceptors (Lipinski definition) is 2. The fourth-order valence-electron chi connectivity index (χ4n) is 2.88. The quantitative estimate of drug-likeness (QED) is 0.273. The van der Waals surface area contributed by atoms with Crippen LogP contribution in [0, 0.1) is 15.9 Å². The lowest BCUT2D eigenvalue weighted by atomic mass is 9.95. The highest BCUT2D eigenvalue weighted by Crippen LogP contribution is 2.45. The van der Waals surface area contributed by atoms with Crippen molar-refractivity contribution < 1.29 is 31.3 Å². The number of alkyl halides is 5. The van der Waals surface area contributed by atoms with Crippen LogP contribution < -0.4 is 0 Å². The third-order valence-corrected chi connectivity index (χ3v) is 4.39. The summed E-state index contributed by atoms with van der Waals surface area (Å²) in [7, 11) is 0. The average molecular weight is 435 g/mol. The second kappa shape index (κ2) is 7.43. The average Bonchev–Trinajstić information content (AvgIpc) is 3.06. The van der Waals surface area contributed by atoms with E-state index in [1.54, 1.807) is 0 Å². The predicted molar refractivity (Wildman–Crippen MR) is 93.2 cm³/mol. The van der Waals surface area contributed by atoms with Gasteiger partial charge in [0.25, 0.3) is 12.1 Å². The molecule has 0 unspecified atom stereocenters. The molecular weight excluding hydrogens is 426 g/mol. The van der Waals surface area contributed by atoms with Crippen molar-refractivity contribution in [1.82, 2.24) is 4.98 Å². The van der Waals surface area contributed by atoms with E-state index >= 15 is 0 Å². The Morgan fingerprint density at radius 2 is 1.72 bits per heavy atom. The SMILES string of the molecule is O=[N+]([O-])c1c[nH]c(-c2cc(F)c(C(F)F)cc2C(F)(F)F)c1-c1ccc(Cl)cc1. The topological polar surface area (TPSA) is 58.9 Å². The van der Waals surface area contributed by atoms with Crippen molar-refractivity contribution in [2.24, 2.45) is 0 Å². The molecule has 0 radical (unpaired) electrons. The Bertz CT molecular complexity index is 1080. The predicted octanol–water partition coefficient (Wildman–Crippen LogP) is 7.01. The minimum Gasteiger partial charge on any atom is -0.355 e. The first-order valence-corrected chi connectivity index (χ1v) is 8.19. The molecule has 4 nitrogen and oxygen atoms in total. The van der Waals surface area contributed by atoms with E-state index in [-0.39, 0.29) is 22.2 Å². The highest BCUT2D eigenvalue weighted by atomic mass is 35.5. The number of H-pyrrole nitrogens is 1. The lowest BCUT2D eigenvalue weighted by Gasteiger charge is -2.16. The number of hydrogen-bond donors (Lipinski definition) is 1. The van der Waals surface area contributed by atoms with Gasteiger partial charge in [-0.25, -0.2) is 13.2 Å². The molecule has 0 amide bonds. The number of nitrogens with one attached hydrogen (secondary N) is 1. The molecule has 3 aromatic rings. The third-order valence-electron chi connectivity index (χ3n) is 4.14. The van der Waals surface area contributed by atoms with Crippen LogP contribution in [0.25, 0.3) is 22.4 Å². The van der Waals surface area contributed by atoms with Crippen molar-refractivity contribution in [2.45, 2.75) is 12.6 Å². The second-order valence-corrected chi connectivity index (χ2v) is 6.34. The Hall–Kier alpha value is -3.01. The van der Waals surface area contributed by atoms with E-state index in [0.717, 1.165) is 6.20 Å². The summed E-state index contributed by atoms with van der Waals surface area (Å²) < 4.78 is 80.5. The lowest BCUT2D eigenvalue weighted by Crippen LogP contribution is -2.10. The van der Waals surface area contributed by atoms with Gasteiger partial charge in [0.1, 0.15) is 5.82 Å². The first-order chi connectivity index (χ1) is 13.5. The molecule has 0 saturated heterocycles. The number of rotatable bonds is 4. The van der Waals surface area contributed by atoms with Crippen molar-refractivity contribution in [3.63, 3.8) is 0 Å². The van der Waals surface area contributed by atoms with Crippen molar-refractivity contribution in [3.8, 4) is 22.4 Å². The molecule has 1 heterocycles. The Kier molecular flexibility index (Phi) is 5.31. The number of aromatic amines is 1. The van der Waals surface area contributed by atoms with Gasteiger partial charge in [0.15, 0.2) is 0 Å². The Morgan fingerprint density at radius 3 is 2.24 bits per heavy atom. The fourth-order valence-corrected chi connectivity index (χ4v) is 3.00. The summed E-state index contributed by atoms with van der Waals surface area (Å²) in [4.78, 5) is 12.9. The number of nitro groups is 1. The standard InChI is InChI=1S/C18H9ClF6N2O2/c19-9-3-1-8(2-4-9)15-14(27(28)29)7-26-16(15)10-6-13(20)11(17(21)22)5-12(10)18(23,24)25/h1-7,17,26H. The maximum Gasteiger partial charge on any atom is 0.417 e. The highest BCUT2D eigenvalue weighted by Gasteiger charge is 2.38. The number of halogens is 7. The van der Waals surface area contributed by atoms with Crippen molar-refractivity contribution in [3.05, 3.63) is 74.7 Å². The minimum atomic E-state index is -5.12. The van der Waals surface area contributed by atoms with E-state index in [1.807, 2.05) is 0 Å². The van der Waals surface area contributed by atoms with Crippen molar-refractivity contribution >= 4 is 17.3 Å². The van der Waals surface area contributed by atoms with Crippen LogP contribution in [0.2, 0.25) is 5.02 Å². The van der Waals surface area contributed by atoms with Crippen molar-refractivity contribution in [1.29, 1.82) is 0 Å². The normalized spacial score (nSPS) is 11.9. The van der Waals surface area contributed by atoms with Gasteiger partial charge in [0, 0.05) is 10.6 Å². The molecule has 29 heavy (non-hydrogen) atoms. The van der Waals surface area contributed by atoms with Gasteiger partial charge in [0.05, 0.1) is 33.5 Å². The smallest absolute Gasteiger partial charge is 0.355 e. The molecule has 152 valence electrons. The molecule has 11 heteroatoms. The van der Waals surface area contributed by atoms with Crippen LogP contribution in [0.3, 0.4) is 0 Å². The van der Waals surface area contributed by atoms with E-state index in [2.05, 4.69) is 4.98 Å². The molecule has 0 aliphatic rings. The molecule has 0 saturated carbocycles. The maximum absolute atomic E-state index is 14.1. The van der Waals surface area contributed by atoms with Crippen LogP contribution in [-0.4, -0.2) is 9.91 Å². The van der Waals surface area contributed by atoms with Crippen LogP contribution in [-0.2, 0) is 6.18 Å². The number of nitrogens with zero attached hydrogens (tertiary/aromatic N) is 1. The molecule has 0 aliphatic heterocycles. The zero-order valence-corrected chi connectivity index (χ0v) is 14.8. The summed E-state index contributed by atoms with van der Waals surface area (Å²) in [5, 5.41) is 11.6. The first kappa shape index (κ1) is 20.7. The third kappa shape index (κ3) is 3.93. The van der Waals surface area contributed by atoms with Gasteiger partial charge < -0.3 is 4.98 Å². The van der Waals surface area contributed by atoms with Gasteiger partial charge in [-0.1, -0.05) is 23.7 Å². The molecule has 1 aromatic heterocycles. The van der Waals surface area contributed by atoms with Crippen LogP contribution in [0.5, 0.6) is 0 Å². The first-order valence-electron chi connectivity index (χ1n) is 7.81. The zero-order chi connectivity index (χ0) is 21.5. The lowest BCUT2D eigenvalue weighted by molar-refractivity contribution is -0.384. The van der Waals surface area contributed by atoms with Crippen LogP contribution in [0.1, 0.15) is 17.6 Å². The Morgan fingerprint density at radius 1 is 1.10 bits per heavy atom. The summed E-state index contributed by atoms with van der Waals surface area (Å²) in [6, 6.07) is 5.69. The van der Waals surface area contributed by atoms with Gasteiger partial charge in [-0.2, -0.15) is 13.2 Å². The van der Waals surface area contributed by atoms with Gasteiger partial charge in [-0.3, -0.25) is 10.1 Å². The second-order valence-electron chi connectivity index (χ2n) is 5.91. The number of benzene rings is 2. The van der Waals surface area contributed by atoms with Crippen LogP contribution in [0.15, 0.2) is 42.6 Å². The highest BCUT2D eigenvalue weighted by molar-refractivity contribution is 6.30. The monoisotopic (exact) mass is 434 g/mol. The number of aromatic nitrogens is 1. The Labute approximate surface area is 163 Å². The molecule has 0 fully saturated rings. The van der Waals surface area contributed by atoms with Crippen LogP contribution in [0.4, 0.5) is 32.0 Å². The van der Waals surface area contributed by atoms with Crippen molar-refractivity contribution in [2.75, 3.05) is 0 Å².